The monoisotopic (exact) mass is 250 g/mol. The number of phenols is 1. The van der Waals surface area contributed by atoms with Gasteiger partial charge in [0, 0.05) is 6.54 Å². The second-order valence-electron chi connectivity index (χ2n) is 4.56. The molecule has 1 rings (SSSR count). The van der Waals surface area contributed by atoms with Crippen molar-refractivity contribution < 1.29 is 14.7 Å². The van der Waals surface area contributed by atoms with Gasteiger partial charge in [0.05, 0.1) is 0 Å². The zero-order chi connectivity index (χ0) is 13.6. The van der Waals surface area contributed by atoms with Crippen molar-refractivity contribution in [3.8, 4) is 5.75 Å². The molecule has 0 aliphatic carbocycles. The van der Waals surface area contributed by atoms with E-state index in [9.17, 15) is 9.59 Å². The van der Waals surface area contributed by atoms with Crippen molar-refractivity contribution in [3.05, 3.63) is 29.8 Å². The number of nitrogens with one attached hydrogen (secondary N) is 2. The predicted molar refractivity (Wildman–Crippen MR) is 68.1 cm³/mol. The lowest BCUT2D eigenvalue weighted by Gasteiger charge is -2.22. The van der Waals surface area contributed by atoms with E-state index in [1.807, 2.05) is 0 Å². The number of amides is 2. The number of carbonyl (C=O) groups excluding carboxylic acids is 2. The Morgan fingerprint density at radius 2 is 1.94 bits per heavy atom. The summed E-state index contributed by atoms with van der Waals surface area (Å²) in [7, 11) is 0. The molecule has 1 aromatic rings. The molecule has 0 saturated carbocycles. The van der Waals surface area contributed by atoms with Crippen LogP contribution in [0.5, 0.6) is 5.75 Å². The molecule has 5 nitrogen and oxygen atoms in total. The van der Waals surface area contributed by atoms with Crippen molar-refractivity contribution in [1.82, 2.24) is 10.6 Å². The Morgan fingerprint density at radius 3 is 2.50 bits per heavy atom. The van der Waals surface area contributed by atoms with Crippen LogP contribution in [0.1, 0.15) is 19.4 Å². The first-order valence-corrected chi connectivity index (χ1v) is 5.73. The second kappa shape index (κ2) is 6.05. The largest absolute Gasteiger partial charge is 0.508 e. The summed E-state index contributed by atoms with van der Waals surface area (Å²) in [6, 6.07) is 6.82. The summed E-state index contributed by atoms with van der Waals surface area (Å²) in [5.74, 6) is -0.00696. The minimum Gasteiger partial charge on any atom is -0.508 e. The highest BCUT2D eigenvalue weighted by molar-refractivity contribution is 5.87. The van der Waals surface area contributed by atoms with E-state index in [-0.39, 0.29) is 11.7 Å². The Bertz CT molecular complexity index is 413. The van der Waals surface area contributed by atoms with Crippen molar-refractivity contribution in [3.63, 3.8) is 0 Å². The van der Waals surface area contributed by atoms with Gasteiger partial charge in [0.2, 0.25) is 12.3 Å². The molecule has 0 aliphatic heterocycles. The quantitative estimate of drug-likeness (QED) is 0.646. The highest BCUT2D eigenvalue weighted by Gasteiger charge is 2.25. The van der Waals surface area contributed by atoms with E-state index < -0.39 is 5.54 Å². The number of aromatic hydroxyl groups is 1. The molecule has 0 aliphatic rings. The van der Waals surface area contributed by atoms with Crippen LogP contribution in [0.3, 0.4) is 0 Å². The van der Waals surface area contributed by atoms with Crippen LogP contribution >= 0.6 is 0 Å². The van der Waals surface area contributed by atoms with E-state index in [0.29, 0.717) is 19.4 Å². The van der Waals surface area contributed by atoms with Crippen molar-refractivity contribution in [2.45, 2.75) is 25.8 Å². The van der Waals surface area contributed by atoms with Gasteiger partial charge in [-0.05, 0) is 38.0 Å². The Balaban J connectivity index is 2.40. The highest BCUT2D eigenvalue weighted by atomic mass is 16.3. The van der Waals surface area contributed by atoms with E-state index in [0.717, 1.165) is 5.56 Å². The maximum atomic E-state index is 11.7. The zero-order valence-electron chi connectivity index (χ0n) is 10.6. The third-order valence-corrected chi connectivity index (χ3v) is 2.62. The van der Waals surface area contributed by atoms with E-state index in [1.54, 1.807) is 38.1 Å². The number of hydrogen-bond donors (Lipinski definition) is 3. The predicted octanol–water partition coefficient (Wildman–Crippen LogP) is 0.575. The normalized spacial score (nSPS) is 10.8. The molecular weight excluding hydrogens is 232 g/mol. The van der Waals surface area contributed by atoms with Crippen LogP contribution in [0, 0.1) is 0 Å². The maximum absolute atomic E-state index is 11.7. The summed E-state index contributed by atoms with van der Waals surface area (Å²) < 4.78 is 0. The summed E-state index contributed by atoms with van der Waals surface area (Å²) in [5, 5.41) is 14.3. The molecule has 5 heteroatoms. The third kappa shape index (κ3) is 4.08. The SMILES string of the molecule is CC(C)(NC=O)C(=O)NCCc1ccc(O)cc1. The van der Waals surface area contributed by atoms with Crippen molar-refractivity contribution >= 4 is 12.3 Å². The van der Waals surface area contributed by atoms with Gasteiger partial charge in [-0.15, -0.1) is 0 Å². The van der Waals surface area contributed by atoms with Crippen LogP contribution in [0.25, 0.3) is 0 Å². The van der Waals surface area contributed by atoms with Gasteiger partial charge in [-0.2, -0.15) is 0 Å². The molecule has 98 valence electrons. The fourth-order valence-electron chi connectivity index (χ4n) is 1.42. The summed E-state index contributed by atoms with van der Waals surface area (Å²) in [6.07, 6.45) is 1.18. The number of benzene rings is 1. The molecule has 2 amide bonds. The molecule has 3 N–H and O–H groups in total. The molecule has 0 saturated heterocycles. The number of carbonyl (C=O) groups is 2. The Hall–Kier alpha value is -2.04. The van der Waals surface area contributed by atoms with Crippen molar-refractivity contribution in [1.29, 1.82) is 0 Å². The summed E-state index contributed by atoms with van der Waals surface area (Å²) >= 11 is 0. The molecule has 0 aromatic heterocycles. The van der Waals surface area contributed by atoms with Crippen LogP contribution in [-0.2, 0) is 16.0 Å². The Kier molecular flexibility index (Phi) is 4.71. The average Bonchev–Trinajstić information content (AvgIpc) is 2.31. The Morgan fingerprint density at radius 1 is 1.33 bits per heavy atom. The van der Waals surface area contributed by atoms with Gasteiger partial charge in [-0.1, -0.05) is 12.1 Å². The lowest BCUT2D eigenvalue weighted by atomic mass is 10.0. The fourth-order valence-corrected chi connectivity index (χ4v) is 1.42. The van der Waals surface area contributed by atoms with Crippen LogP contribution in [-0.4, -0.2) is 29.5 Å². The first-order valence-electron chi connectivity index (χ1n) is 5.73. The van der Waals surface area contributed by atoms with E-state index >= 15 is 0 Å². The van der Waals surface area contributed by atoms with E-state index in [1.165, 1.54) is 0 Å². The van der Waals surface area contributed by atoms with Gasteiger partial charge in [0.25, 0.3) is 0 Å². The molecule has 18 heavy (non-hydrogen) atoms. The molecule has 0 atom stereocenters. The minimum absolute atomic E-state index is 0.221. The standard InChI is InChI=1S/C13H18N2O3/c1-13(2,15-9-16)12(18)14-8-7-10-3-5-11(17)6-4-10/h3-6,9,17H,7-8H2,1-2H3,(H,14,18)(H,15,16). The smallest absolute Gasteiger partial charge is 0.245 e. The van der Waals surface area contributed by atoms with Crippen LogP contribution < -0.4 is 10.6 Å². The van der Waals surface area contributed by atoms with Crippen LogP contribution in [0.2, 0.25) is 0 Å². The third-order valence-electron chi connectivity index (χ3n) is 2.62. The Labute approximate surface area is 106 Å². The summed E-state index contributed by atoms with van der Waals surface area (Å²) in [4.78, 5) is 22.1. The van der Waals surface area contributed by atoms with Gasteiger partial charge < -0.3 is 15.7 Å². The molecule has 0 spiro atoms. The lowest BCUT2D eigenvalue weighted by molar-refractivity contribution is -0.128. The number of rotatable bonds is 6. The highest BCUT2D eigenvalue weighted by Crippen LogP contribution is 2.09. The first kappa shape index (κ1) is 14.0. The number of hydrogen-bond acceptors (Lipinski definition) is 3. The van der Waals surface area contributed by atoms with Gasteiger partial charge >= 0.3 is 0 Å². The van der Waals surface area contributed by atoms with Crippen LogP contribution in [0.4, 0.5) is 0 Å². The van der Waals surface area contributed by atoms with E-state index in [4.69, 9.17) is 5.11 Å². The zero-order valence-corrected chi connectivity index (χ0v) is 10.6. The molecule has 0 heterocycles. The maximum Gasteiger partial charge on any atom is 0.245 e. The minimum atomic E-state index is -0.906. The molecular formula is C13H18N2O3. The fraction of sp³-hybridized carbons (Fsp3) is 0.385. The lowest BCUT2D eigenvalue weighted by Crippen LogP contribution is -2.52. The molecule has 1 aromatic carbocycles. The van der Waals surface area contributed by atoms with Crippen molar-refractivity contribution in [2.24, 2.45) is 0 Å². The molecule has 0 unspecified atom stereocenters. The summed E-state index contributed by atoms with van der Waals surface area (Å²) in [6.45, 7) is 3.75. The topological polar surface area (TPSA) is 78.4 Å². The molecule has 0 fully saturated rings. The second-order valence-corrected chi connectivity index (χ2v) is 4.56. The van der Waals surface area contributed by atoms with Crippen LogP contribution in [0.15, 0.2) is 24.3 Å². The van der Waals surface area contributed by atoms with Crippen molar-refractivity contribution in [2.75, 3.05) is 6.54 Å². The van der Waals surface area contributed by atoms with Gasteiger partial charge in [0.1, 0.15) is 11.3 Å². The first-order chi connectivity index (χ1) is 8.45. The molecule has 0 bridgehead atoms. The van der Waals surface area contributed by atoms with Gasteiger partial charge in [-0.3, -0.25) is 9.59 Å². The van der Waals surface area contributed by atoms with Gasteiger partial charge in [-0.25, -0.2) is 0 Å². The van der Waals surface area contributed by atoms with Gasteiger partial charge in [0.15, 0.2) is 0 Å². The number of phenolic OH excluding ortho intramolecular Hbond substituents is 1. The van der Waals surface area contributed by atoms with E-state index in [2.05, 4.69) is 10.6 Å². The average molecular weight is 250 g/mol. The summed E-state index contributed by atoms with van der Waals surface area (Å²) in [5.41, 5.74) is 0.116. The molecule has 0 radical (unpaired) electrons.